The van der Waals surface area contributed by atoms with Gasteiger partial charge in [-0.05, 0) is 43.3 Å². The standard InChI is InChI=1S/C20H12F7N3O/c1-11-15-16(30(29-11)14-5-3-2-4-6-14)28-17(12-7-9-13(21)10-8-12)31-18(15,19(22,23)24)20(25,26)27/h2-10H,1H3. The largest absolute Gasteiger partial charge is 0.446 e. The van der Waals surface area contributed by atoms with Gasteiger partial charge >= 0.3 is 18.0 Å². The van der Waals surface area contributed by atoms with Gasteiger partial charge in [0.15, 0.2) is 5.82 Å². The van der Waals surface area contributed by atoms with Crippen LogP contribution in [0.4, 0.5) is 36.6 Å². The smallest absolute Gasteiger partial charge is 0.442 e. The first-order valence-corrected chi connectivity index (χ1v) is 8.78. The zero-order valence-electron chi connectivity index (χ0n) is 15.6. The molecule has 0 atom stereocenters. The molecule has 3 aromatic rings. The van der Waals surface area contributed by atoms with Crippen LogP contribution in [0, 0.1) is 12.7 Å². The molecule has 162 valence electrons. The number of aliphatic imine (C=N–C) groups is 1. The van der Waals surface area contributed by atoms with E-state index in [1.165, 1.54) is 12.1 Å². The topological polar surface area (TPSA) is 39.4 Å². The number of aromatic nitrogens is 2. The van der Waals surface area contributed by atoms with Gasteiger partial charge in [0.2, 0.25) is 5.90 Å². The number of ether oxygens (including phenoxy) is 1. The Balaban J connectivity index is 2.08. The van der Waals surface area contributed by atoms with Crippen LogP contribution in [0.3, 0.4) is 0 Å². The summed E-state index contributed by atoms with van der Waals surface area (Å²) in [4.78, 5) is 3.94. The van der Waals surface area contributed by atoms with Gasteiger partial charge < -0.3 is 4.74 Å². The van der Waals surface area contributed by atoms with E-state index < -0.39 is 46.7 Å². The molecule has 1 aliphatic heterocycles. The van der Waals surface area contributed by atoms with E-state index in [9.17, 15) is 30.7 Å². The maximum absolute atomic E-state index is 14.1. The number of hydrogen-bond acceptors (Lipinski definition) is 3. The van der Waals surface area contributed by atoms with Crippen molar-refractivity contribution in [2.45, 2.75) is 24.9 Å². The Morgan fingerprint density at radius 1 is 0.871 bits per heavy atom. The predicted octanol–water partition coefficient (Wildman–Crippen LogP) is 5.75. The van der Waals surface area contributed by atoms with Crippen LogP contribution in [0.25, 0.3) is 5.69 Å². The number of halogens is 7. The average Bonchev–Trinajstić information content (AvgIpc) is 3.03. The lowest BCUT2D eigenvalue weighted by Crippen LogP contribution is -2.58. The minimum Gasteiger partial charge on any atom is -0.446 e. The first-order valence-electron chi connectivity index (χ1n) is 8.78. The van der Waals surface area contributed by atoms with Crippen molar-refractivity contribution >= 4 is 11.7 Å². The molecular formula is C20H12F7N3O. The highest BCUT2D eigenvalue weighted by Gasteiger charge is 2.77. The molecule has 2 heterocycles. The first-order chi connectivity index (χ1) is 14.5. The Bertz CT molecular complexity index is 1130. The second kappa shape index (κ2) is 6.82. The van der Waals surface area contributed by atoms with Crippen molar-refractivity contribution in [1.29, 1.82) is 0 Å². The van der Waals surface area contributed by atoms with Gasteiger partial charge in [-0.15, -0.1) is 0 Å². The molecule has 0 bridgehead atoms. The van der Waals surface area contributed by atoms with Crippen LogP contribution in [-0.4, -0.2) is 28.0 Å². The molecule has 0 saturated carbocycles. The van der Waals surface area contributed by atoms with Crippen LogP contribution in [0.5, 0.6) is 0 Å². The molecule has 0 N–H and O–H groups in total. The average molecular weight is 443 g/mol. The SMILES string of the molecule is Cc1nn(-c2ccccc2)c2c1C(C(F)(F)F)(C(F)(F)F)OC(c1ccc(F)cc1)=N2. The molecule has 0 amide bonds. The highest BCUT2D eigenvalue weighted by Crippen LogP contribution is 2.58. The molecule has 1 aliphatic rings. The minimum absolute atomic E-state index is 0.203. The third kappa shape index (κ3) is 3.15. The fraction of sp³-hybridized carbons (Fsp3) is 0.200. The molecule has 0 radical (unpaired) electrons. The molecule has 0 aliphatic carbocycles. The molecule has 4 rings (SSSR count). The molecule has 31 heavy (non-hydrogen) atoms. The van der Waals surface area contributed by atoms with Gasteiger partial charge in [0, 0.05) is 5.56 Å². The molecule has 2 aromatic carbocycles. The Morgan fingerprint density at radius 2 is 1.45 bits per heavy atom. The van der Waals surface area contributed by atoms with Crippen molar-refractivity contribution in [2.24, 2.45) is 4.99 Å². The van der Waals surface area contributed by atoms with E-state index in [2.05, 4.69) is 14.8 Å². The van der Waals surface area contributed by atoms with Crippen LogP contribution >= 0.6 is 0 Å². The molecule has 0 saturated heterocycles. The number of fused-ring (bicyclic) bond motifs is 1. The van der Waals surface area contributed by atoms with Crippen LogP contribution < -0.4 is 0 Å². The summed E-state index contributed by atoms with van der Waals surface area (Å²) in [6.07, 6.45) is -11.8. The monoisotopic (exact) mass is 443 g/mol. The van der Waals surface area contributed by atoms with Crippen LogP contribution in [0.15, 0.2) is 59.6 Å². The Labute approximate surface area is 170 Å². The van der Waals surface area contributed by atoms with Gasteiger partial charge in [0.25, 0.3) is 0 Å². The van der Waals surface area contributed by atoms with E-state index in [-0.39, 0.29) is 11.3 Å². The van der Waals surface area contributed by atoms with Crippen LogP contribution in [0.2, 0.25) is 0 Å². The van der Waals surface area contributed by atoms with Crippen molar-refractivity contribution in [2.75, 3.05) is 0 Å². The van der Waals surface area contributed by atoms with Crippen LogP contribution in [-0.2, 0) is 10.3 Å². The Hall–Kier alpha value is -3.37. The summed E-state index contributed by atoms with van der Waals surface area (Å²) in [5.41, 5.74) is -6.56. The van der Waals surface area contributed by atoms with Gasteiger partial charge in [-0.1, -0.05) is 18.2 Å². The summed E-state index contributed by atoms with van der Waals surface area (Å²) in [5.74, 6) is -2.37. The van der Waals surface area contributed by atoms with E-state index in [1.807, 2.05) is 0 Å². The minimum atomic E-state index is -5.91. The lowest BCUT2D eigenvalue weighted by Gasteiger charge is -2.39. The third-order valence-electron chi connectivity index (χ3n) is 4.74. The zero-order chi connectivity index (χ0) is 22.6. The summed E-state index contributed by atoms with van der Waals surface area (Å²) in [5, 5.41) is 3.90. The summed E-state index contributed by atoms with van der Waals surface area (Å²) in [6, 6.07) is 11.3. The van der Waals surface area contributed by atoms with E-state index in [4.69, 9.17) is 0 Å². The van der Waals surface area contributed by atoms with Crippen LogP contribution in [0.1, 0.15) is 16.8 Å². The summed E-state index contributed by atoms with van der Waals surface area (Å²) in [6.45, 7) is 1.02. The molecular weight excluding hydrogens is 431 g/mol. The Kier molecular flexibility index (Phi) is 4.60. The first kappa shape index (κ1) is 20.9. The van der Waals surface area contributed by atoms with E-state index in [0.29, 0.717) is 0 Å². The quantitative estimate of drug-likeness (QED) is 0.474. The molecule has 11 heteroatoms. The number of benzene rings is 2. The molecule has 0 spiro atoms. The number of aryl methyl sites for hydroxylation is 1. The molecule has 0 unspecified atom stereocenters. The lowest BCUT2D eigenvalue weighted by molar-refractivity contribution is -0.370. The fourth-order valence-electron chi connectivity index (χ4n) is 3.37. The van der Waals surface area contributed by atoms with Gasteiger partial charge in [-0.2, -0.15) is 36.4 Å². The van der Waals surface area contributed by atoms with Gasteiger partial charge in [-0.25, -0.2) is 9.07 Å². The zero-order valence-corrected chi connectivity index (χ0v) is 15.6. The summed E-state index contributed by atoms with van der Waals surface area (Å²) >= 11 is 0. The Morgan fingerprint density at radius 3 is 2.00 bits per heavy atom. The van der Waals surface area contributed by atoms with E-state index >= 15 is 0 Å². The van der Waals surface area contributed by atoms with E-state index in [0.717, 1.165) is 35.9 Å². The molecule has 4 nitrogen and oxygen atoms in total. The summed E-state index contributed by atoms with van der Waals surface area (Å²) < 4.78 is 103. The number of rotatable bonds is 2. The van der Waals surface area contributed by atoms with Crippen molar-refractivity contribution in [3.63, 3.8) is 0 Å². The number of nitrogens with zero attached hydrogens (tertiary/aromatic N) is 3. The van der Waals surface area contributed by atoms with Crippen molar-refractivity contribution < 1.29 is 35.5 Å². The number of hydrogen-bond donors (Lipinski definition) is 0. The maximum atomic E-state index is 14.1. The van der Waals surface area contributed by atoms with Crippen molar-refractivity contribution in [1.82, 2.24) is 9.78 Å². The van der Waals surface area contributed by atoms with E-state index in [1.54, 1.807) is 18.2 Å². The summed E-state index contributed by atoms with van der Waals surface area (Å²) in [7, 11) is 0. The highest BCUT2D eigenvalue weighted by atomic mass is 19.4. The predicted molar refractivity (Wildman–Crippen MR) is 95.8 cm³/mol. The highest BCUT2D eigenvalue weighted by molar-refractivity contribution is 5.97. The van der Waals surface area contributed by atoms with Gasteiger partial charge in [0.05, 0.1) is 16.9 Å². The lowest BCUT2D eigenvalue weighted by atomic mass is 9.90. The third-order valence-corrected chi connectivity index (χ3v) is 4.74. The second-order valence-corrected chi connectivity index (χ2v) is 6.73. The van der Waals surface area contributed by atoms with Gasteiger partial charge in [0.1, 0.15) is 5.82 Å². The maximum Gasteiger partial charge on any atom is 0.442 e. The normalized spacial score (nSPS) is 15.8. The number of para-hydroxylation sites is 1. The molecule has 0 fully saturated rings. The second-order valence-electron chi connectivity index (χ2n) is 6.73. The molecule has 1 aromatic heterocycles. The number of alkyl halides is 6. The van der Waals surface area contributed by atoms with Crippen molar-refractivity contribution in [3.8, 4) is 5.69 Å². The fourth-order valence-corrected chi connectivity index (χ4v) is 3.37. The van der Waals surface area contributed by atoms with Gasteiger partial charge in [-0.3, -0.25) is 0 Å². The van der Waals surface area contributed by atoms with Crippen molar-refractivity contribution in [3.05, 3.63) is 77.2 Å².